The first kappa shape index (κ1) is 10.9. The molecule has 0 fully saturated rings. The van der Waals surface area contributed by atoms with Crippen LogP contribution in [0.15, 0.2) is 18.2 Å². The van der Waals surface area contributed by atoms with E-state index in [9.17, 15) is 9.67 Å². The third kappa shape index (κ3) is 2.96. The van der Waals surface area contributed by atoms with E-state index in [4.69, 9.17) is 9.63 Å². The first-order valence-corrected chi connectivity index (χ1v) is 4.91. The summed E-state index contributed by atoms with van der Waals surface area (Å²) in [5.41, 5.74) is 0.650. The molecule has 0 bridgehead atoms. The van der Waals surface area contributed by atoms with Crippen molar-refractivity contribution in [1.29, 1.82) is 0 Å². The molecule has 2 N–H and O–H groups in total. The lowest BCUT2D eigenvalue weighted by atomic mass is 10.2. The molecule has 76 valence electrons. The van der Waals surface area contributed by atoms with Gasteiger partial charge in [0.1, 0.15) is 6.61 Å². The number of methoxy groups -OCH3 is 1. The summed E-state index contributed by atoms with van der Waals surface area (Å²) < 4.78 is 19.6. The number of hydrogen-bond donors (Lipinski definition) is 2. The molecule has 0 saturated carbocycles. The zero-order chi connectivity index (χ0) is 10.6. The Morgan fingerprint density at radius 2 is 2.21 bits per heavy atom. The molecule has 0 saturated heterocycles. The van der Waals surface area contributed by atoms with E-state index >= 15 is 0 Å². The highest BCUT2D eigenvalue weighted by Gasteiger charge is 2.12. The molecule has 0 aliphatic heterocycles. The summed E-state index contributed by atoms with van der Waals surface area (Å²) in [6, 6.07) is 4.55. The molecule has 0 aromatic heterocycles. The van der Waals surface area contributed by atoms with E-state index in [1.54, 1.807) is 6.07 Å². The van der Waals surface area contributed by atoms with Crippen molar-refractivity contribution in [3.8, 4) is 11.5 Å². The number of rotatable bonds is 4. The molecule has 1 rings (SSSR count). The van der Waals surface area contributed by atoms with Crippen molar-refractivity contribution in [3.63, 3.8) is 0 Å². The number of benzene rings is 1. The number of hydrogen-bond acceptors (Lipinski definition) is 4. The minimum absolute atomic E-state index is 0.00233. The molecule has 1 aromatic rings. The summed E-state index contributed by atoms with van der Waals surface area (Å²) in [4.78, 5) is 8.40. The molecular formula is C8H10O5P+. The Morgan fingerprint density at radius 1 is 1.50 bits per heavy atom. The van der Waals surface area contributed by atoms with Gasteiger partial charge in [0.2, 0.25) is 0 Å². The standard InChI is InChI=1S/C8H9O5P/c1-12-8-4-6(2-3-7(8)9)5-13-14(10)11/h2-4H,5H2,1H3,(H-,9,10,11)/p+1. The monoisotopic (exact) mass is 217 g/mol. The van der Waals surface area contributed by atoms with Crippen molar-refractivity contribution >= 4 is 8.25 Å². The number of aromatic hydroxyl groups is 1. The highest BCUT2D eigenvalue weighted by Crippen LogP contribution is 2.27. The molecule has 1 aromatic carbocycles. The fourth-order valence-electron chi connectivity index (χ4n) is 0.942. The maximum absolute atomic E-state index is 10.2. The highest BCUT2D eigenvalue weighted by atomic mass is 31.1. The molecule has 0 aliphatic carbocycles. The van der Waals surface area contributed by atoms with Crippen LogP contribution in [0.25, 0.3) is 0 Å². The first-order chi connectivity index (χ1) is 6.63. The predicted molar refractivity (Wildman–Crippen MR) is 49.3 cm³/mol. The van der Waals surface area contributed by atoms with Crippen LogP contribution in [0, 0.1) is 0 Å². The summed E-state index contributed by atoms with van der Waals surface area (Å²) in [5.74, 6) is 0.323. The molecule has 14 heavy (non-hydrogen) atoms. The minimum Gasteiger partial charge on any atom is -0.504 e. The van der Waals surface area contributed by atoms with E-state index in [2.05, 4.69) is 4.52 Å². The van der Waals surface area contributed by atoms with Crippen LogP contribution in [-0.4, -0.2) is 17.1 Å². The van der Waals surface area contributed by atoms with Gasteiger partial charge in [-0.3, -0.25) is 0 Å². The number of phenolic OH excluding ortho intramolecular Hbond substituents is 1. The van der Waals surface area contributed by atoms with Crippen molar-refractivity contribution in [2.45, 2.75) is 6.61 Å². The van der Waals surface area contributed by atoms with Gasteiger partial charge in [-0.2, -0.15) is 0 Å². The van der Waals surface area contributed by atoms with Crippen LogP contribution in [0.2, 0.25) is 0 Å². The van der Waals surface area contributed by atoms with Gasteiger partial charge in [-0.25, -0.2) is 0 Å². The Balaban J connectivity index is 2.74. The topological polar surface area (TPSA) is 76.0 Å². The van der Waals surface area contributed by atoms with Crippen LogP contribution in [0.5, 0.6) is 11.5 Å². The summed E-state index contributed by atoms with van der Waals surface area (Å²) >= 11 is 0. The molecule has 5 nitrogen and oxygen atoms in total. The van der Waals surface area contributed by atoms with Gasteiger partial charge in [0, 0.05) is 4.57 Å². The van der Waals surface area contributed by atoms with E-state index in [0.29, 0.717) is 11.3 Å². The van der Waals surface area contributed by atoms with E-state index in [-0.39, 0.29) is 12.4 Å². The summed E-state index contributed by atoms with van der Waals surface area (Å²) in [6.45, 7) is 0.00233. The summed E-state index contributed by atoms with van der Waals surface area (Å²) in [5, 5.41) is 9.24. The summed E-state index contributed by atoms with van der Waals surface area (Å²) in [7, 11) is -1.18. The van der Waals surface area contributed by atoms with E-state index in [1.165, 1.54) is 19.2 Å². The van der Waals surface area contributed by atoms with Crippen molar-refractivity contribution in [3.05, 3.63) is 23.8 Å². The van der Waals surface area contributed by atoms with Gasteiger partial charge in [0.15, 0.2) is 11.5 Å². The molecule has 1 atom stereocenters. The minimum atomic E-state index is -2.60. The molecule has 0 radical (unpaired) electrons. The molecule has 0 amide bonds. The van der Waals surface area contributed by atoms with Crippen LogP contribution < -0.4 is 4.74 Å². The fraction of sp³-hybridized carbons (Fsp3) is 0.250. The van der Waals surface area contributed by atoms with Crippen LogP contribution in [0.4, 0.5) is 0 Å². The Morgan fingerprint density at radius 3 is 2.79 bits per heavy atom. The Labute approximate surface area is 81.9 Å². The smallest absolute Gasteiger partial charge is 0.504 e. The normalized spacial score (nSPS) is 11.1. The third-order valence-electron chi connectivity index (χ3n) is 1.59. The number of ether oxygens (including phenoxy) is 1. The second-order valence-corrected chi connectivity index (χ2v) is 3.25. The quantitative estimate of drug-likeness (QED) is 0.748. The lowest BCUT2D eigenvalue weighted by Gasteiger charge is -2.03. The SMILES string of the molecule is COc1cc(CO[P+](=O)O)ccc1O. The first-order valence-electron chi connectivity index (χ1n) is 3.78. The van der Waals surface area contributed by atoms with Crippen LogP contribution in [0.1, 0.15) is 5.56 Å². The van der Waals surface area contributed by atoms with Crippen molar-refractivity contribution in [2.75, 3.05) is 7.11 Å². The van der Waals surface area contributed by atoms with Gasteiger partial charge in [-0.05, 0) is 17.7 Å². The van der Waals surface area contributed by atoms with Crippen molar-refractivity contribution < 1.29 is 23.8 Å². The zero-order valence-electron chi connectivity index (χ0n) is 7.51. The summed E-state index contributed by atoms with van der Waals surface area (Å²) in [6.07, 6.45) is 0. The van der Waals surface area contributed by atoms with E-state index in [0.717, 1.165) is 0 Å². The molecule has 0 aliphatic rings. The maximum Gasteiger partial charge on any atom is 0.695 e. The molecule has 0 spiro atoms. The molecule has 6 heteroatoms. The molecule has 0 heterocycles. The maximum atomic E-state index is 10.2. The van der Waals surface area contributed by atoms with Gasteiger partial charge in [0.25, 0.3) is 0 Å². The average Bonchev–Trinajstić information content (AvgIpc) is 2.16. The fourth-order valence-corrected chi connectivity index (χ4v) is 1.20. The van der Waals surface area contributed by atoms with Gasteiger partial charge in [-0.15, -0.1) is 9.42 Å². The van der Waals surface area contributed by atoms with Crippen LogP contribution in [-0.2, 0) is 15.7 Å². The second-order valence-electron chi connectivity index (χ2n) is 2.52. The molecular weight excluding hydrogens is 207 g/mol. The Hall–Kier alpha value is -1.16. The lowest BCUT2D eigenvalue weighted by molar-refractivity contribution is 0.271. The van der Waals surface area contributed by atoms with Gasteiger partial charge in [0.05, 0.1) is 7.11 Å². The second kappa shape index (κ2) is 4.91. The van der Waals surface area contributed by atoms with Crippen molar-refractivity contribution in [2.24, 2.45) is 0 Å². The van der Waals surface area contributed by atoms with E-state index < -0.39 is 8.25 Å². The van der Waals surface area contributed by atoms with Gasteiger partial charge < -0.3 is 9.84 Å². The van der Waals surface area contributed by atoms with Crippen molar-refractivity contribution in [1.82, 2.24) is 0 Å². The van der Waals surface area contributed by atoms with E-state index in [1.807, 2.05) is 0 Å². The third-order valence-corrected chi connectivity index (χ3v) is 1.94. The number of phenols is 1. The lowest BCUT2D eigenvalue weighted by Crippen LogP contribution is -1.89. The largest absolute Gasteiger partial charge is 0.695 e. The highest BCUT2D eigenvalue weighted by molar-refractivity contribution is 7.32. The van der Waals surface area contributed by atoms with Crippen LogP contribution >= 0.6 is 8.25 Å². The predicted octanol–water partition coefficient (Wildman–Crippen LogP) is 1.57. The van der Waals surface area contributed by atoms with Crippen LogP contribution in [0.3, 0.4) is 0 Å². The zero-order valence-corrected chi connectivity index (χ0v) is 8.40. The average molecular weight is 217 g/mol. The van der Waals surface area contributed by atoms with Gasteiger partial charge in [-0.1, -0.05) is 6.07 Å². The van der Waals surface area contributed by atoms with Gasteiger partial charge >= 0.3 is 8.25 Å². The molecule has 1 unspecified atom stereocenters. The Bertz CT molecular complexity index is 339. The Kier molecular flexibility index (Phi) is 3.83.